The van der Waals surface area contributed by atoms with Crippen molar-refractivity contribution in [3.63, 3.8) is 0 Å². The van der Waals surface area contributed by atoms with Crippen molar-refractivity contribution in [1.82, 2.24) is 0 Å². The largest absolute Gasteiger partial charge is 0.493 e. The fourth-order valence-corrected chi connectivity index (χ4v) is 2.22. The molecular weight excluding hydrogens is 391 g/mol. The van der Waals surface area contributed by atoms with Crippen LogP contribution in [0.15, 0.2) is 46.0 Å². The van der Waals surface area contributed by atoms with E-state index in [1.54, 1.807) is 12.1 Å². The lowest BCUT2D eigenvalue weighted by Gasteiger charge is -2.09. The van der Waals surface area contributed by atoms with E-state index >= 15 is 0 Å². The maximum Gasteiger partial charge on any atom is 0.387 e. The van der Waals surface area contributed by atoms with E-state index in [1.165, 1.54) is 37.6 Å². The molecule has 128 valence electrons. The number of rotatable bonds is 7. The molecule has 0 bridgehead atoms. The molecule has 2 aromatic rings. The minimum atomic E-state index is -2.93. The molecule has 0 saturated carbocycles. The van der Waals surface area contributed by atoms with E-state index in [0.717, 1.165) is 5.56 Å². The number of nitrogens with zero attached hydrogens (tertiary/aromatic N) is 1. The van der Waals surface area contributed by atoms with E-state index < -0.39 is 6.61 Å². The van der Waals surface area contributed by atoms with E-state index in [4.69, 9.17) is 9.57 Å². The minimum Gasteiger partial charge on any atom is -0.493 e. The Morgan fingerprint density at radius 1 is 1.17 bits per heavy atom. The summed E-state index contributed by atoms with van der Waals surface area (Å²) in [6, 6.07) is 8.85. The van der Waals surface area contributed by atoms with Gasteiger partial charge >= 0.3 is 6.61 Å². The van der Waals surface area contributed by atoms with Gasteiger partial charge in [0, 0.05) is 5.56 Å². The normalized spacial score (nSPS) is 11.1. The van der Waals surface area contributed by atoms with Gasteiger partial charge in [0.25, 0.3) is 0 Å². The Balaban J connectivity index is 1.97. The molecule has 0 fully saturated rings. The maximum absolute atomic E-state index is 13.1. The Labute approximate surface area is 145 Å². The van der Waals surface area contributed by atoms with Gasteiger partial charge < -0.3 is 14.3 Å². The number of benzene rings is 2. The molecule has 0 amide bonds. The summed E-state index contributed by atoms with van der Waals surface area (Å²) in [5, 5.41) is 3.78. The van der Waals surface area contributed by atoms with Crippen molar-refractivity contribution in [2.45, 2.75) is 13.2 Å². The van der Waals surface area contributed by atoms with Crippen molar-refractivity contribution in [3.05, 3.63) is 57.8 Å². The highest BCUT2D eigenvalue weighted by Gasteiger charge is 2.10. The van der Waals surface area contributed by atoms with Crippen molar-refractivity contribution < 1.29 is 27.5 Å². The Morgan fingerprint density at radius 3 is 2.62 bits per heavy atom. The molecule has 0 N–H and O–H groups in total. The zero-order valence-electron chi connectivity index (χ0n) is 12.5. The summed E-state index contributed by atoms with van der Waals surface area (Å²) >= 11 is 3.08. The number of hydrogen-bond acceptors (Lipinski definition) is 4. The molecule has 2 rings (SSSR count). The summed E-state index contributed by atoms with van der Waals surface area (Å²) in [4.78, 5) is 5.12. The fraction of sp³-hybridized carbons (Fsp3) is 0.188. The van der Waals surface area contributed by atoms with Crippen LogP contribution in [0.25, 0.3) is 0 Å². The SMILES string of the molecule is COc1cc(C=NOCc2ccc(F)c(Br)c2)ccc1OC(F)F. The molecule has 0 heterocycles. The summed E-state index contributed by atoms with van der Waals surface area (Å²) in [5.41, 5.74) is 1.31. The minimum absolute atomic E-state index is 0.0678. The summed E-state index contributed by atoms with van der Waals surface area (Å²) < 4.78 is 47.3. The number of halogens is 4. The molecule has 8 heteroatoms. The smallest absolute Gasteiger partial charge is 0.387 e. The molecule has 0 saturated heterocycles. The lowest BCUT2D eigenvalue weighted by Crippen LogP contribution is -2.03. The molecule has 24 heavy (non-hydrogen) atoms. The van der Waals surface area contributed by atoms with Crippen molar-refractivity contribution in [2.24, 2.45) is 5.16 Å². The highest BCUT2D eigenvalue weighted by atomic mass is 79.9. The van der Waals surface area contributed by atoms with Gasteiger partial charge in [0.15, 0.2) is 11.5 Å². The lowest BCUT2D eigenvalue weighted by molar-refractivity contribution is -0.0512. The van der Waals surface area contributed by atoms with Gasteiger partial charge in [-0.1, -0.05) is 11.2 Å². The van der Waals surface area contributed by atoms with Gasteiger partial charge in [-0.3, -0.25) is 0 Å². The molecule has 0 radical (unpaired) electrons. The monoisotopic (exact) mass is 403 g/mol. The molecule has 4 nitrogen and oxygen atoms in total. The van der Waals surface area contributed by atoms with Crippen LogP contribution in [-0.4, -0.2) is 19.9 Å². The first-order chi connectivity index (χ1) is 11.5. The second-order valence-electron chi connectivity index (χ2n) is 4.55. The second kappa shape index (κ2) is 8.58. The predicted octanol–water partition coefficient (Wildman–Crippen LogP) is 4.75. The Bertz CT molecular complexity index is 726. The van der Waals surface area contributed by atoms with Gasteiger partial charge in [-0.25, -0.2) is 4.39 Å². The van der Waals surface area contributed by atoms with Gasteiger partial charge in [-0.2, -0.15) is 8.78 Å². The van der Waals surface area contributed by atoms with Crippen molar-refractivity contribution >= 4 is 22.1 Å². The van der Waals surface area contributed by atoms with E-state index in [2.05, 4.69) is 25.8 Å². The first kappa shape index (κ1) is 18.1. The zero-order valence-corrected chi connectivity index (χ0v) is 14.1. The average Bonchev–Trinajstić information content (AvgIpc) is 2.55. The topological polar surface area (TPSA) is 40.0 Å². The van der Waals surface area contributed by atoms with E-state index in [0.29, 0.717) is 10.0 Å². The van der Waals surface area contributed by atoms with Crippen LogP contribution in [0.4, 0.5) is 13.2 Å². The predicted molar refractivity (Wildman–Crippen MR) is 86.1 cm³/mol. The number of methoxy groups -OCH3 is 1. The van der Waals surface area contributed by atoms with E-state index in [-0.39, 0.29) is 23.9 Å². The Morgan fingerprint density at radius 2 is 1.96 bits per heavy atom. The van der Waals surface area contributed by atoms with Gasteiger partial charge in [0.2, 0.25) is 0 Å². The number of ether oxygens (including phenoxy) is 2. The summed E-state index contributed by atoms with van der Waals surface area (Å²) in [5.74, 6) is -0.274. The quantitative estimate of drug-likeness (QED) is 0.494. The van der Waals surface area contributed by atoms with Crippen molar-refractivity contribution in [1.29, 1.82) is 0 Å². The number of oxime groups is 1. The highest BCUT2D eigenvalue weighted by Crippen LogP contribution is 2.29. The fourth-order valence-electron chi connectivity index (χ4n) is 1.80. The third-order valence-corrected chi connectivity index (χ3v) is 3.50. The summed E-state index contributed by atoms with van der Waals surface area (Å²) in [7, 11) is 1.34. The lowest BCUT2D eigenvalue weighted by atomic mass is 10.2. The number of hydrogen-bond donors (Lipinski definition) is 0. The van der Waals surface area contributed by atoms with Gasteiger partial charge in [0.05, 0.1) is 17.8 Å². The third-order valence-electron chi connectivity index (χ3n) is 2.90. The van der Waals surface area contributed by atoms with Crippen molar-refractivity contribution in [2.75, 3.05) is 7.11 Å². The van der Waals surface area contributed by atoms with E-state index in [1.807, 2.05) is 0 Å². The second-order valence-corrected chi connectivity index (χ2v) is 5.40. The first-order valence-corrected chi connectivity index (χ1v) is 7.51. The average molecular weight is 404 g/mol. The van der Waals surface area contributed by atoms with Crippen LogP contribution in [0.2, 0.25) is 0 Å². The van der Waals surface area contributed by atoms with Crippen LogP contribution >= 0.6 is 15.9 Å². The summed E-state index contributed by atoms with van der Waals surface area (Å²) in [6.07, 6.45) is 1.40. The molecule has 0 aromatic heterocycles. The van der Waals surface area contributed by atoms with E-state index in [9.17, 15) is 13.2 Å². The Hall–Kier alpha value is -2.22. The van der Waals surface area contributed by atoms with Crippen LogP contribution in [0.3, 0.4) is 0 Å². The molecule has 0 aliphatic heterocycles. The molecule has 2 aromatic carbocycles. The molecule has 0 unspecified atom stereocenters. The maximum atomic E-state index is 13.1. The molecule has 0 spiro atoms. The van der Waals surface area contributed by atoms with Crippen LogP contribution in [0, 0.1) is 5.82 Å². The standard InChI is InChI=1S/C16H13BrF3NO3/c1-22-15-7-10(3-5-14(15)24-16(19)20)8-21-23-9-11-2-4-13(18)12(17)6-11/h2-8,16H,9H2,1H3. The highest BCUT2D eigenvalue weighted by molar-refractivity contribution is 9.10. The van der Waals surface area contributed by atoms with Gasteiger partial charge in [-0.15, -0.1) is 0 Å². The van der Waals surface area contributed by atoms with Crippen LogP contribution in [0.5, 0.6) is 11.5 Å². The third kappa shape index (κ3) is 5.16. The zero-order chi connectivity index (χ0) is 17.5. The summed E-state index contributed by atoms with van der Waals surface area (Å²) in [6.45, 7) is -2.78. The molecule has 0 aliphatic rings. The molecule has 0 atom stereocenters. The van der Waals surface area contributed by atoms with Gasteiger partial charge in [0.1, 0.15) is 12.4 Å². The first-order valence-electron chi connectivity index (χ1n) is 6.71. The molecule has 0 aliphatic carbocycles. The van der Waals surface area contributed by atoms with Crippen LogP contribution in [0.1, 0.15) is 11.1 Å². The van der Waals surface area contributed by atoms with Crippen LogP contribution in [-0.2, 0) is 11.4 Å². The Kier molecular flexibility index (Phi) is 6.48. The molecular formula is C16H13BrF3NO3. The number of alkyl halides is 2. The van der Waals surface area contributed by atoms with Gasteiger partial charge in [-0.05, 0) is 51.8 Å². The van der Waals surface area contributed by atoms with Crippen LogP contribution < -0.4 is 9.47 Å². The van der Waals surface area contributed by atoms with Crippen molar-refractivity contribution in [3.8, 4) is 11.5 Å².